The van der Waals surface area contributed by atoms with Gasteiger partial charge in [-0.15, -0.1) is 0 Å². The van der Waals surface area contributed by atoms with Gasteiger partial charge in [0.05, 0.1) is 19.8 Å². The normalized spacial score (nSPS) is 16.1. The summed E-state index contributed by atoms with van der Waals surface area (Å²) in [6.45, 7) is 8.39. The minimum atomic E-state index is -0.263. The number of hydrogen-bond acceptors (Lipinski definition) is 5. The van der Waals surface area contributed by atoms with Crippen molar-refractivity contribution in [2.45, 2.75) is 26.4 Å². The molecular formula is C21H28N4O3. The second kappa shape index (κ2) is 9.61. The van der Waals surface area contributed by atoms with E-state index >= 15 is 0 Å². The number of benzene rings is 1. The van der Waals surface area contributed by atoms with Gasteiger partial charge in [0.25, 0.3) is 11.5 Å². The Morgan fingerprint density at radius 1 is 1.14 bits per heavy atom. The first-order valence-electron chi connectivity index (χ1n) is 9.76. The third-order valence-electron chi connectivity index (χ3n) is 5.03. The van der Waals surface area contributed by atoms with E-state index in [0.29, 0.717) is 19.0 Å². The number of carbonyl (C=O) groups is 1. The van der Waals surface area contributed by atoms with Gasteiger partial charge in [-0.1, -0.05) is 44.2 Å². The van der Waals surface area contributed by atoms with Gasteiger partial charge in [-0.3, -0.25) is 14.5 Å². The summed E-state index contributed by atoms with van der Waals surface area (Å²) in [5, 5.41) is 7.25. The molecule has 3 rings (SSSR count). The first kappa shape index (κ1) is 20.2. The fraction of sp³-hybridized carbons (Fsp3) is 0.476. The number of hydrogen-bond donors (Lipinski definition) is 1. The summed E-state index contributed by atoms with van der Waals surface area (Å²) < 4.78 is 6.75. The summed E-state index contributed by atoms with van der Waals surface area (Å²) in [5.41, 5.74) is 0.982. The standard InChI is InChI=1S/C21H28N4O3/c1-16(2)19(24-10-12-28-13-11-24)14-22-21(27)18-8-9-20(26)25(23-18)15-17-6-4-3-5-7-17/h3-9,16,19H,10-15H2,1-2H3,(H,22,27). The molecule has 1 aliphatic rings. The molecule has 0 radical (unpaired) electrons. The Labute approximate surface area is 165 Å². The van der Waals surface area contributed by atoms with Gasteiger partial charge >= 0.3 is 0 Å². The van der Waals surface area contributed by atoms with Gasteiger partial charge in [-0.05, 0) is 17.5 Å². The zero-order valence-electron chi connectivity index (χ0n) is 16.5. The maximum atomic E-state index is 12.6. The second-order valence-electron chi connectivity index (χ2n) is 7.37. The molecule has 2 heterocycles. The monoisotopic (exact) mass is 384 g/mol. The zero-order valence-corrected chi connectivity index (χ0v) is 16.5. The summed E-state index contributed by atoms with van der Waals surface area (Å²) in [5.74, 6) is 0.138. The van der Waals surface area contributed by atoms with E-state index in [1.54, 1.807) is 0 Å². The number of carbonyl (C=O) groups excluding carboxylic acids is 1. The van der Waals surface area contributed by atoms with Crippen LogP contribution in [0.1, 0.15) is 29.9 Å². The van der Waals surface area contributed by atoms with Crippen LogP contribution in [0.15, 0.2) is 47.3 Å². The lowest BCUT2D eigenvalue weighted by molar-refractivity contribution is 0.00671. The second-order valence-corrected chi connectivity index (χ2v) is 7.37. The van der Waals surface area contributed by atoms with Crippen LogP contribution in [0.2, 0.25) is 0 Å². The lowest BCUT2D eigenvalue weighted by Crippen LogP contribution is -2.51. The highest BCUT2D eigenvalue weighted by atomic mass is 16.5. The van der Waals surface area contributed by atoms with Crippen molar-refractivity contribution in [3.8, 4) is 0 Å². The van der Waals surface area contributed by atoms with Gasteiger partial charge in [-0.2, -0.15) is 5.10 Å². The number of aromatic nitrogens is 2. The molecule has 7 nitrogen and oxygen atoms in total. The van der Waals surface area contributed by atoms with E-state index in [1.165, 1.54) is 16.8 Å². The number of nitrogens with one attached hydrogen (secondary N) is 1. The summed E-state index contributed by atoms with van der Waals surface area (Å²) in [6, 6.07) is 12.7. The van der Waals surface area contributed by atoms with Gasteiger partial charge in [0, 0.05) is 31.7 Å². The number of amides is 1. The largest absolute Gasteiger partial charge is 0.379 e. The van der Waals surface area contributed by atoms with Crippen LogP contribution in [-0.2, 0) is 11.3 Å². The molecule has 1 aromatic carbocycles. The molecule has 1 fully saturated rings. The van der Waals surface area contributed by atoms with Crippen molar-refractivity contribution in [1.29, 1.82) is 0 Å². The number of rotatable bonds is 7. The molecule has 2 aromatic rings. The molecule has 1 aliphatic heterocycles. The van der Waals surface area contributed by atoms with Gasteiger partial charge in [-0.25, -0.2) is 4.68 Å². The first-order valence-corrected chi connectivity index (χ1v) is 9.76. The van der Waals surface area contributed by atoms with Gasteiger partial charge in [0.2, 0.25) is 0 Å². The highest BCUT2D eigenvalue weighted by Crippen LogP contribution is 2.12. The van der Waals surface area contributed by atoms with Crippen molar-refractivity contribution in [1.82, 2.24) is 20.0 Å². The molecule has 1 aromatic heterocycles. The highest BCUT2D eigenvalue weighted by Gasteiger charge is 2.24. The molecule has 0 bridgehead atoms. The molecule has 28 heavy (non-hydrogen) atoms. The summed E-state index contributed by atoms with van der Waals surface area (Å²) >= 11 is 0. The van der Waals surface area contributed by atoms with Gasteiger partial charge in [0.15, 0.2) is 0 Å². The molecule has 1 unspecified atom stereocenters. The smallest absolute Gasteiger partial charge is 0.271 e. The summed E-state index contributed by atoms with van der Waals surface area (Å²) in [4.78, 5) is 27.1. The third-order valence-corrected chi connectivity index (χ3v) is 5.03. The number of nitrogens with zero attached hydrogens (tertiary/aromatic N) is 3. The minimum Gasteiger partial charge on any atom is -0.379 e. The molecule has 1 atom stereocenters. The van der Waals surface area contributed by atoms with Crippen molar-refractivity contribution in [2.24, 2.45) is 5.92 Å². The van der Waals surface area contributed by atoms with Crippen molar-refractivity contribution in [3.05, 3.63) is 64.1 Å². The fourth-order valence-corrected chi connectivity index (χ4v) is 3.42. The number of ether oxygens (including phenoxy) is 1. The highest BCUT2D eigenvalue weighted by molar-refractivity contribution is 5.92. The predicted octanol–water partition coefficient (Wildman–Crippen LogP) is 1.38. The molecule has 1 N–H and O–H groups in total. The summed E-state index contributed by atoms with van der Waals surface area (Å²) in [6.07, 6.45) is 0. The molecular weight excluding hydrogens is 356 g/mol. The maximum Gasteiger partial charge on any atom is 0.271 e. The van der Waals surface area contributed by atoms with Crippen LogP contribution in [0.5, 0.6) is 0 Å². The fourth-order valence-electron chi connectivity index (χ4n) is 3.42. The van der Waals surface area contributed by atoms with E-state index in [9.17, 15) is 9.59 Å². The van der Waals surface area contributed by atoms with Crippen LogP contribution in [0.3, 0.4) is 0 Å². The molecule has 0 saturated carbocycles. The molecule has 7 heteroatoms. The Morgan fingerprint density at radius 2 is 1.86 bits per heavy atom. The number of morpholine rings is 1. The topological polar surface area (TPSA) is 76.5 Å². The van der Waals surface area contributed by atoms with Crippen molar-refractivity contribution >= 4 is 5.91 Å². The quantitative estimate of drug-likeness (QED) is 0.780. The van der Waals surface area contributed by atoms with Crippen LogP contribution in [0.25, 0.3) is 0 Å². The predicted molar refractivity (Wildman–Crippen MR) is 107 cm³/mol. The van der Waals surface area contributed by atoms with Gasteiger partial charge in [0.1, 0.15) is 5.69 Å². The van der Waals surface area contributed by atoms with Gasteiger partial charge < -0.3 is 10.1 Å². The first-order chi connectivity index (χ1) is 13.5. The Kier molecular flexibility index (Phi) is 6.95. The van der Waals surface area contributed by atoms with Crippen LogP contribution in [0.4, 0.5) is 0 Å². The Hall–Kier alpha value is -2.51. The van der Waals surface area contributed by atoms with Crippen molar-refractivity contribution in [3.63, 3.8) is 0 Å². The van der Waals surface area contributed by atoms with Crippen molar-refractivity contribution in [2.75, 3.05) is 32.8 Å². The van der Waals surface area contributed by atoms with E-state index in [1.807, 2.05) is 30.3 Å². The summed E-state index contributed by atoms with van der Waals surface area (Å²) in [7, 11) is 0. The van der Waals surface area contributed by atoms with E-state index in [-0.39, 0.29) is 23.2 Å². The van der Waals surface area contributed by atoms with Crippen LogP contribution in [0, 0.1) is 5.92 Å². The molecule has 0 aliphatic carbocycles. The molecule has 1 amide bonds. The lowest BCUT2D eigenvalue weighted by atomic mass is 10.0. The van der Waals surface area contributed by atoms with E-state index in [2.05, 4.69) is 29.2 Å². The lowest BCUT2D eigenvalue weighted by Gasteiger charge is -2.36. The van der Waals surface area contributed by atoms with Crippen LogP contribution < -0.4 is 10.9 Å². The van der Waals surface area contributed by atoms with Crippen LogP contribution >= 0.6 is 0 Å². The van der Waals surface area contributed by atoms with E-state index < -0.39 is 0 Å². The molecule has 1 saturated heterocycles. The Bertz CT molecular complexity index is 829. The molecule has 150 valence electrons. The van der Waals surface area contributed by atoms with Crippen LogP contribution in [-0.4, -0.2) is 59.5 Å². The zero-order chi connectivity index (χ0) is 19.9. The van der Waals surface area contributed by atoms with Crippen molar-refractivity contribution < 1.29 is 9.53 Å². The third kappa shape index (κ3) is 5.27. The SMILES string of the molecule is CC(C)C(CNC(=O)c1ccc(=O)n(Cc2ccccc2)n1)N1CCOCC1. The Morgan fingerprint density at radius 3 is 2.54 bits per heavy atom. The average Bonchev–Trinajstić information content (AvgIpc) is 2.71. The van der Waals surface area contributed by atoms with E-state index in [0.717, 1.165) is 31.9 Å². The molecule has 0 spiro atoms. The van der Waals surface area contributed by atoms with E-state index in [4.69, 9.17) is 4.74 Å². The maximum absolute atomic E-state index is 12.6. The minimum absolute atomic E-state index is 0.228. The Balaban J connectivity index is 1.66. The average molecular weight is 384 g/mol.